The highest BCUT2D eigenvalue weighted by atomic mass is 35.5. The maximum Gasteiger partial charge on any atom is 0.311 e. The second-order valence-electron chi connectivity index (χ2n) is 6.45. The molecule has 158 valence electrons. The first-order valence-corrected chi connectivity index (χ1v) is 9.44. The Morgan fingerprint density at radius 1 is 1.27 bits per heavy atom. The first kappa shape index (κ1) is 21.6. The van der Waals surface area contributed by atoms with Crippen LogP contribution >= 0.6 is 23.2 Å². The highest BCUT2D eigenvalue weighted by Crippen LogP contribution is 2.23. The summed E-state index contributed by atoms with van der Waals surface area (Å²) in [5.41, 5.74) is 2.61. The molecule has 1 atom stereocenters. The number of hydrogen-bond acceptors (Lipinski definition) is 7. The van der Waals surface area contributed by atoms with Crippen molar-refractivity contribution in [3.05, 3.63) is 45.6 Å². The molecule has 0 radical (unpaired) electrons. The van der Waals surface area contributed by atoms with E-state index >= 15 is 0 Å². The zero-order valence-corrected chi connectivity index (χ0v) is 17.1. The average Bonchev–Trinajstić information content (AvgIpc) is 3.27. The lowest BCUT2D eigenvalue weighted by Crippen LogP contribution is -2.43. The van der Waals surface area contributed by atoms with Crippen molar-refractivity contribution in [1.82, 2.24) is 15.6 Å². The van der Waals surface area contributed by atoms with Crippen molar-refractivity contribution in [2.45, 2.75) is 13.3 Å². The number of halogens is 2. The van der Waals surface area contributed by atoms with Gasteiger partial charge in [0.2, 0.25) is 5.91 Å². The van der Waals surface area contributed by atoms with E-state index in [9.17, 15) is 19.2 Å². The molecule has 12 heteroatoms. The molecule has 3 amide bonds. The summed E-state index contributed by atoms with van der Waals surface area (Å²) >= 11 is 11.7. The van der Waals surface area contributed by atoms with Gasteiger partial charge in [0, 0.05) is 18.1 Å². The van der Waals surface area contributed by atoms with Crippen LogP contribution in [0, 0.1) is 12.8 Å². The van der Waals surface area contributed by atoms with E-state index in [0.717, 1.165) is 5.01 Å². The quantitative estimate of drug-likeness (QED) is 0.637. The number of rotatable bonds is 6. The monoisotopic (exact) mass is 454 g/mol. The van der Waals surface area contributed by atoms with Gasteiger partial charge in [0.05, 0.1) is 22.5 Å². The van der Waals surface area contributed by atoms with E-state index < -0.39 is 36.2 Å². The number of carbonyl (C=O) groups is 4. The number of aryl methyl sites for hydroxylation is 1. The van der Waals surface area contributed by atoms with Crippen LogP contribution in [0.5, 0.6) is 0 Å². The Morgan fingerprint density at radius 2 is 2.03 bits per heavy atom. The average molecular weight is 455 g/mol. The molecule has 0 unspecified atom stereocenters. The summed E-state index contributed by atoms with van der Waals surface area (Å²) < 4.78 is 9.76. The molecule has 1 aromatic heterocycles. The zero-order valence-electron chi connectivity index (χ0n) is 15.6. The van der Waals surface area contributed by atoms with Gasteiger partial charge in [0.15, 0.2) is 12.4 Å². The summed E-state index contributed by atoms with van der Waals surface area (Å²) in [6.07, 6.45) is -0.162. The highest BCUT2D eigenvalue weighted by molar-refractivity contribution is 6.42. The Labute approximate surface area is 180 Å². The van der Waals surface area contributed by atoms with E-state index in [4.69, 9.17) is 32.5 Å². The van der Waals surface area contributed by atoms with Gasteiger partial charge in [-0.3, -0.25) is 29.6 Å². The number of nitrogens with one attached hydrogen (secondary N) is 2. The largest absolute Gasteiger partial charge is 0.455 e. The number of benzene rings is 1. The van der Waals surface area contributed by atoms with Crippen molar-refractivity contribution in [1.29, 1.82) is 0 Å². The summed E-state index contributed by atoms with van der Waals surface area (Å²) in [6, 6.07) is 5.77. The smallest absolute Gasteiger partial charge is 0.311 e. The van der Waals surface area contributed by atoms with Crippen molar-refractivity contribution < 1.29 is 28.4 Å². The number of ether oxygens (including phenoxy) is 1. The molecule has 0 aliphatic carbocycles. The lowest BCUT2D eigenvalue weighted by molar-refractivity contribution is -0.151. The topological polar surface area (TPSA) is 131 Å². The summed E-state index contributed by atoms with van der Waals surface area (Å²) in [6.45, 7) is 1.02. The molecule has 10 nitrogen and oxygen atoms in total. The molecule has 2 N–H and O–H groups in total. The van der Waals surface area contributed by atoms with Crippen LogP contribution in [0.2, 0.25) is 10.0 Å². The normalized spacial score (nSPS) is 15.8. The first-order chi connectivity index (χ1) is 14.2. The van der Waals surface area contributed by atoms with Crippen LogP contribution in [-0.2, 0) is 19.1 Å². The van der Waals surface area contributed by atoms with Crippen molar-refractivity contribution in [3.63, 3.8) is 0 Å². The second-order valence-corrected chi connectivity index (χ2v) is 7.27. The minimum Gasteiger partial charge on any atom is -0.455 e. The van der Waals surface area contributed by atoms with E-state index in [-0.39, 0.29) is 34.4 Å². The fourth-order valence-electron chi connectivity index (χ4n) is 2.66. The Balaban J connectivity index is 1.49. The first-order valence-electron chi connectivity index (χ1n) is 8.69. The number of hydrazine groups is 1. The van der Waals surface area contributed by atoms with Crippen LogP contribution in [-0.4, -0.2) is 47.0 Å². The molecule has 2 heterocycles. The van der Waals surface area contributed by atoms with Gasteiger partial charge in [-0.05, 0) is 25.1 Å². The van der Waals surface area contributed by atoms with Gasteiger partial charge in [-0.25, -0.2) is 0 Å². The van der Waals surface area contributed by atoms with Gasteiger partial charge in [0.25, 0.3) is 11.8 Å². The van der Waals surface area contributed by atoms with Gasteiger partial charge in [0.1, 0.15) is 5.76 Å². The Bertz CT molecular complexity index is 1010. The number of aromatic nitrogens is 1. The molecule has 1 aliphatic rings. The summed E-state index contributed by atoms with van der Waals surface area (Å²) in [4.78, 5) is 48.4. The molecule has 0 bridgehead atoms. The number of carbonyl (C=O) groups excluding carboxylic acids is 4. The highest BCUT2D eigenvalue weighted by Gasteiger charge is 2.36. The van der Waals surface area contributed by atoms with Crippen molar-refractivity contribution in [2.75, 3.05) is 18.5 Å². The summed E-state index contributed by atoms with van der Waals surface area (Å²) in [7, 11) is 0. The van der Waals surface area contributed by atoms with Gasteiger partial charge in [-0.15, -0.1) is 0 Å². The molecule has 0 spiro atoms. The van der Waals surface area contributed by atoms with Crippen molar-refractivity contribution in [3.8, 4) is 0 Å². The van der Waals surface area contributed by atoms with Gasteiger partial charge in [-0.2, -0.15) is 0 Å². The number of amides is 3. The SMILES string of the molecule is Cc1cc(NC(=O)COC(=O)[C@H]2CC(=O)N(NC(=O)c3ccc(Cl)c(Cl)c3)C2)no1. The van der Waals surface area contributed by atoms with Crippen LogP contribution < -0.4 is 10.7 Å². The zero-order chi connectivity index (χ0) is 21.8. The molecule has 0 saturated carbocycles. The van der Waals surface area contributed by atoms with E-state index in [0.29, 0.717) is 5.76 Å². The third kappa shape index (κ3) is 5.28. The molecular weight excluding hydrogens is 439 g/mol. The maximum absolute atomic E-state index is 12.3. The Hall–Kier alpha value is -3.11. The van der Waals surface area contributed by atoms with Crippen molar-refractivity contribution >= 4 is 52.7 Å². The lowest BCUT2D eigenvalue weighted by Gasteiger charge is -2.17. The molecule has 1 aliphatic heterocycles. The predicted octanol–water partition coefficient (Wildman–Crippen LogP) is 1.97. The van der Waals surface area contributed by atoms with E-state index in [2.05, 4.69) is 15.9 Å². The third-order valence-corrected chi connectivity index (χ3v) is 4.86. The molecule has 1 fully saturated rings. The van der Waals surface area contributed by atoms with Crippen LogP contribution in [0.1, 0.15) is 22.5 Å². The fraction of sp³-hybridized carbons (Fsp3) is 0.278. The third-order valence-electron chi connectivity index (χ3n) is 4.12. The van der Waals surface area contributed by atoms with E-state index in [1.165, 1.54) is 24.3 Å². The second kappa shape index (κ2) is 9.14. The fourth-order valence-corrected chi connectivity index (χ4v) is 2.95. The van der Waals surface area contributed by atoms with Crippen LogP contribution in [0.25, 0.3) is 0 Å². The number of hydrogen-bond donors (Lipinski definition) is 2. The van der Waals surface area contributed by atoms with Crippen LogP contribution in [0.3, 0.4) is 0 Å². The predicted molar refractivity (Wildman–Crippen MR) is 105 cm³/mol. The molecular formula is C18H16Cl2N4O6. The standard InChI is InChI=1S/C18H16Cl2N4O6/c1-9-4-14(23-30-9)21-15(25)8-29-18(28)11-6-16(26)24(7-11)22-17(27)10-2-3-12(19)13(20)5-10/h2-5,11H,6-8H2,1H3,(H,22,27)(H,21,23,25)/t11-/m0/s1. The molecule has 1 saturated heterocycles. The van der Waals surface area contributed by atoms with Gasteiger partial charge >= 0.3 is 5.97 Å². The minimum atomic E-state index is -0.825. The summed E-state index contributed by atoms with van der Waals surface area (Å²) in [5, 5.41) is 7.49. The van der Waals surface area contributed by atoms with Crippen LogP contribution in [0.15, 0.2) is 28.8 Å². The lowest BCUT2D eigenvalue weighted by atomic mass is 10.1. The minimum absolute atomic E-state index is 0.0885. The van der Waals surface area contributed by atoms with E-state index in [1.54, 1.807) is 6.92 Å². The number of anilines is 1. The summed E-state index contributed by atoms with van der Waals surface area (Å²) in [5.74, 6) is -2.51. The molecule has 3 rings (SSSR count). The van der Waals surface area contributed by atoms with Crippen LogP contribution in [0.4, 0.5) is 5.82 Å². The Kier molecular flexibility index (Phi) is 6.58. The number of esters is 1. The van der Waals surface area contributed by atoms with Gasteiger partial charge in [-0.1, -0.05) is 28.4 Å². The van der Waals surface area contributed by atoms with Gasteiger partial charge < -0.3 is 14.6 Å². The molecule has 30 heavy (non-hydrogen) atoms. The van der Waals surface area contributed by atoms with Crippen molar-refractivity contribution in [2.24, 2.45) is 5.92 Å². The Morgan fingerprint density at radius 3 is 2.70 bits per heavy atom. The molecule has 2 aromatic rings. The molecule has 1 aromatic carbocycles. The number of nitrogens with zero attached hydrogens (tertiary/aromatic N) is 2. The maximum atomic E-state index is 12.3. The van der Waals surface area contributed by atoms with E-state index in [1.807, 2.05) is 0 Å².